The Bertz CT molecular complexity index is 1430. The van der Waals surface area contributed by atoms with E-state index >= 15 is 0 Å². The van der Waals surface area contributed by atoms with Gasteiger partial charge in [0.15, 0.2) is 0 Å². The monoisotopic (exact) mass is 522 g/mol. The van der Waals surface area contributed by atoms with Crippen molar-refractivity contribution in [1.82, 2.24) is 9.78 Å². The van der Waals surface area contributed by atoms with Crippen LogP contribution in [0.5, 0.6) is 5.75 Å². The zero-order chi connectivity index (χ0) is 25.2. The molecule has 0 aliphatic carbocycles. The Labute approximate surface area is 206 Å². The first-order valence-electron chi connectivity index (χ1n) is 10.0. The molecule has 35 heavy (non-hydrogen) atoms. The van der Waals surface area contributed by atoms with Crippen molar-refractivity contribution in [3.8, 4) is 17.2 Å². The lowest BCUT2D eigenvalue weighted by Crippen LogP contribution is -2.18. The molecule has 1 aromatic heterocycles. The zero-order valence-corrected chi connectivity index (χ0v) is 19.2. The Hall–Kier alpha value is -3.56. The van der Waals surface area contributed by atoms with Crippen LogP contribution < -0.4 is 10.5 Å². The van der Waals surface area contributed by atoms with Gasteiger partial charge in [-0.25, -0.2) is 9.59 Å². The summed E-state index contributed by atoms with van der Waals surface area (Å²) < 4.78 is 50.0. The number of alkyl halides is 4. The number of ether oxygens (including phenoxy) is 1. The van der Waals surface area contributed by atoms with Crippen molar-refractivity contribution in [2.45, 2.75) is 18.6 Å². The van der Waals surface area contributed by atoms with Crippen LogP contribution in [0.3, 0.4) is 0 Å². The van der Waals surface area contributed by atoms with E-state index in [0.29, 0.717) is 10.6 Å². The van der Waals surface area contributed by atoms with Crippen molar-refractivity contribution >= 4 is 29.2 Å². The van der Waals surface area contributed by atoms with Gasteiger partial charge in [-0.05, 0) is 60.2 Å². The lowest BCUT2D eigenvalue weighted by atomic mass is 10.1. The average molecular weight is 523 g/mol. The predicted molar refractivity (Wildman–Crippen MR) is 123 cm³/mol. The molecular weight excluding hydrogens is 508 g/mol. The van der Waals surface area contributed by atoms with Gasteiger partial charge in [-0.1, -0.05) is 23.7 Å². The molecule has 0 N–H and O–H groups in total. The normalized spacial score (nSPS) is 11.5. The minimum absolute atomic E-state index is 0.140. The second kappa shape index (κ2) is 9.97. The van der Waals surface area contributed by atoms with Gasteiger partial charge >= 0.3 is 17.9 Å². The molecule has 4 rings (SSSR count). The molecule has 1 heterocycles. The summed E-state index contributed by atoms with van der Waals surface area (Å²) in [5, 5.41) is 4.38. The maximum atomic E-state index is 12.8. The van der Waals surface area contributed by atoms with Gasteiger partial charge in [0, 0.05) is 22.0 Å². The van der Waals surface area contributed by atoms with Gasteiger partial charge < -0.3 is 9.15 Å². The highest BCUT2D eigenvalue weighted by Gasteiger charge is 2.30. The summed E-state index contributed by atoms with van der Waals surface area (Å²) in [6.45, 7) is -0.173. The number of rotatable bonds is 6. The van der Waals surface area contributed by atoms with Gasteiger partial charge in [0.2, 0.25) is 5.89 Å². The lowest BCUT2D eigenvalue weighted by molar-refractivity contribution is -0.137. The predicted octanol–water partition coefficient (Wildman–Crippen LogP) is 6.18. The fourth-order valence-corrected chi connectivity index (χ4v) is 3.56. The summed E-state index contributed by atoms with van der Waals surface area (Å²) >= 11 is 11.9. The van der Waals surface area contributed by atoms with Crippen LogP contribution in [0.2, 0.25) is 5.02 Å². The third kappa shape index (κ3) is 5.75. The number of nitrogens with zero attached hydrogens (tertiary/aromatic N) is 2. The molecule has 3 aromatic carbocycles. The van der Waals surface area contributed by atoms with E-state index in [1.54, 1.807) is 24.3 Å². The average Bonchev–Trinajstić information content (AvgIpc) is 3.20. The standard InChI is InChI=1S/C24H15Cl2F3N2O4/c25-12-14-2-1-3-16(10-14)22(32)34-20-9-8-19(26)11-17(20)13-31-23(33)35-21(30-31)15-4-6-18(7-5-15)24(27,28)29/h1-11H,12-13H2. The van der Waals surface area contributed by atoms with E-state index in [-0.39, 0.29) is 35.2 Å². The zero-order valence-electron chi connectivity index (χ0n) is 17.7. The van der Waals surface area contributed by atoms with Crippen LogP contribution in [0.4, 0.5) is 13.2 Å². The van der Waals surface area contributed by atoms with Gasteiger partial charge in [-0.3, -0.25) is 0 Å². The molecule has 0 unspecified atom stereocenters. The summed E-state index contributed by atoms with van der Waals surface area (Å²) in [4.78, 5) is 25.0. The number of halogens is 5. The molecule has 0 saturated heterocycles. The fourth-order valence-electron chi connectivity index (χ4n) is 3.20. The molecule has 0 aliphatic rings. The Kier molecular flexibility index (Phi) is 7.00. The topological polar surface area (TPSA) is 74.3 Å². The number of aromatic nitrogens is 2. The second-order valence-electron chi connectivity index (χ2n) is 7.38. The first-order chi connectivity index (χ1) is 16.6. The van der Waals surface area contributed by atoms with Gasteiger partial charge in [-0.15, -0.1) is 16.7 Å². The molecule has 11 heteroatoms. The van der Waals surface area contributed by atoms with Gasteiger partial charge in [-0.2, -0.15) is 17.9 Å². The van der Waals surface area contributed by atoms with Crippen LogP contribution in [-0.2, 0) is 18.6 Å². The number of carbonyl (C=O) groups excluding carboxylic acids is 1. The number of benzene rings is 3. The maximum Gasteiger partial charge on any atom is 0.437 e. The van der Waals surface area contributed by atoms with E-state index in [1.165, 1.54) is 18.2 Å². The van der Waals surface area contributed by atoms with Gasteiger partial charge in [0.25, 0.3) is 0 Å². The third-order valence-corrected chi connectivity index (χ3v) is 5.47. The Morgan fingerprint density at radius 2 is 1.80 bits per heavy atom. The van der Waals surface area contributed by atoms with E-state index in [9.17, 15) is 22.8 Å². The van der Waals surface area contributed by atoms with Crippen molar-refractivity contribution in [3.05, 3.63) is 105 Å². The number of esters is 1. The lowest BCUT2D eigenvalue weighted by Gasteiger charge is -2.11. The fraction of sp³-hybridized carbons (Fsp3) is 0.125. The van der Waals surface area contributed by atoms with Crippen LogP contribution in [-0.4, -0.2) is 15.7 Å². The molecule has 0 aliphatic heterocycles. The quantitative estimate of drug-likeness (QED) is 0.171. The Balaban J connectivity index is 1.59. The molecule has 0 amide bonds. The molecule has 0 spiro atoms. The molecule has 6 nitrogen and oxygen atoms in total. The first kappa shape index (κ1) is 24.6. The molecule has 180 valence electrons. The summed E-state index contributed by atoms with van der Waals surface area (Å²) in [6.07, 6.45) is -4.50. The van der Waals surface area contributed by atoms with E-state index in [4.69, 9.17) is 32.4 Å². The second-order valence-corrected chi connectivity index (χ2v) is 8.09. The van der Waals surface area contributed by atoms with Crippen molar-refractivity contribution in [2.75, 3.05) is 0 Å². The van der Waals surface area contributed by atoms with Crippen LogP contribution in [0, 0.1) is 0 Å². The molecule has 0 atom stereocenters. The van der Waals surface area contributed by atoms with E-state index in [1.807, 2.05) is 0 Å². The SMILES string of the molecule is O=C(Oc1ccc(Cl)cc1Cn1nc(-c2ccc(C(F)(F)F)cc2)oc1=O)c1cccc(CCl)c1. The molecule has 0 bridgehead atoms. The molecule has 4 aromatic rings. The van der Waals surface area contributed by atoms with E-state index in [0.717, 1.165) is 34.5 Å². The molecule has 0 radical (unpaired) electrons. The summed E-state index contributed by atoms with van der Waals surface area (Å²) in [7, 11) is 0. The van der Waals surface area contributed by atoms with Gasteiger partial charge in [0.1, 0.15) is 5.75 Å². The van der Waals surface area contributed by atoms with Crippen LogP contribution >= 0.6 is 23.2 Å². The van der Waals surface area contributed by atoms with Crippen LogP contribution in [0.25, 0.3) is 11.5 Å². The summed E-state index contributed by atoms with van der Waals surface area (Å²) in [5.41, 5.74) is 0.721. The van der Waals surface area contributed by atoms with Crippen molar-refractivity contribution in [2.24, 2.45) is 0 Å². The summed E-state index contributed by atoms with van der Waals surface area (Å²) in [5.74, 6) is -1.29. The van der Waals surface area contributed by atoms with Crippen molar-refractivity contribution in [1.29, 1.82) is 0 Å². The van der Waals surface area contributed by atoms with E-state index < -0.39 is 23.5 Å². The Morgan fingerprint density at radius 3 is 2.49 bits per heavy atom. The number of hydrogen-bond acceptors (Lipinski definition) is 5. The highest BCUT2D eigenvalue weighted by molar-refractivity contribution is 6.30. The third-order valence-electron chi connectivity index (χ3n) is 4.93. The molecule has 0 saturated carbocycles. The molecule has 0 fully saturated rings. The van der Waals surface area contributed by atoms with Gasteiger partial charge in [0.05, 0.1) is 17.7 Å². The largest absolute Gasteiger partial charge is 0.437 e. The van der Waals surface area contributed by atoms with Crippen LogP contribution in [0.15, 0.2) is 75.9 Å². The minimum Gasteiger partial charge on any atom is -0.423 e. The smallest absolute Gasteiger partial charge is 0.423 e. The number of carbonyl (C=O) groups is 1. The number of hydrogen-bond donors (Lipinski definition) is 0. The van der Waals surface area contributed by atoms with Crippen LogP contribution in [0.1, 0.15) is 27.0 Å². The summed E-state index contributed by atoms with van der Waals surface area (Å²) in [6, 6.07) is 15.1. The minimum atomic E-state index is -4.50. The van der Waals surface area contributed by atoms with Crippen molar-refractivity contribution in [3.63, 3.8) is 0 Å². The maximum absolute atomic E-state index is 12.8. The highest BCUT2D eigenvalue weighted by Crippen LogP contribution is 2.30. The first-order valence-corrected chi connectivity index (χ1v) is 11.0. The van der Waals surface area contributed by atoms with E-state index in [2.05, 4.69) is 5.10 Å². The molecular formula is C24H15Cl2F3N2O4. The van der Waals surface area contributed by atoms with Crippen molar-refractivity contribution < 1.29 is 27.1 Å². The Morgan fingerprint density at radius 1 is 1.06 bits per heavy atom. The highest BCUT2D eigenvalue weighted by atomic mass is 35.5.